The van der Waals surface area contributed by atoms with Gasteiger partial charge in [-0.25, -0.2) is 4.98 Å². The molecule has 140 valence electrons. The van der Waals surface area contributed by atoms with Gasteiger partial charge in [0.2, 0.25) is 5.91 Å². The van der Waals surface area contributed by atoms with E-state index in [0.717, 1.165) is 35.5 Å². The Hall–Kier alpha value is -2.66. The average Bonchev–Trinajstić information content (AvgIpc) is 3.26. The van der Waals surface area contributed by atoms with Crippen molar-refractivity contribution in [2.75, 3.05) is 25.2 Å². The maximum absolute atomic E-state index is 12.8. The first kappa shape index (κ1) is 17.7. The molecule has 1 aromatic heterocycles. The van der Waals surface area contributed by atoms with Crippen LogP contribution in [0.3, 0.4) is 0 Å². The second-order valence-corrected chi connectivity index (χ2v) is 6.99. The molecule has 2 heterocycles. The molecule has 0 aliphatic carbocycles. The summed E-state index contributed by atoms with van der Waals surface area (Å²) in [6.45, 7) is 4.16. The highest BCUT2D eigenvalue weighted by atomic mass is 16.5. The van der Waals surface area contributed by atoms with Crippen molar-refractivity contribution >= 4 is 22.6 Å². The molecule has 4 rings (SSSR count). The van der Waals surface area contributed by atoms with Gasteiger partial charge in [0.1, 0.15) is 5.82 Å². The molecule has 0 spiro atoms. The smallest absolute Gasteiger partial charge is 0.227 e. The Morgan fingerprint density at radius 1 is 1.15 bits per heavy atom. The number of ether oxygens (including phenoxy) is 1. The maximum Gasteiger partial charge on any atom is 0.227 e. The van der Waals surface area contributed by atoms with Gasteiger partial charge in [-0.2, -0.15) is 0 Å². The summed E-state index contributed by atoms with van der Waals surface area (Å²) in [5.41, 5.74) is 4.32. The zero-order chi connectivity index (χ0) is 18.8. The molecule has 1 aliphatic heterocycles. The second-order valence-electron chi connectivity index (χ2n) is 6.99. The van der Waals surface area contributed by atoms with E-state index >= 15 is 0 Å². The number of aromatic nitrogens is 2. The molecule has 0 unspecified atom stereocenters. The molecular weight excluding hydrogens is 338 g/mol. The Morgan fingerprint density at radius 2 is 1.93 bits per heavy atom. The largest absolute Gasteiger partial charge is 0.383 e. The van der Waals surface area contributed by atoms with Crippen molar-refractivity contribution < 1.29 is 9.53 Å². The molecule has 5 nitrogen and oxygen atoms in total. The Kier molecular flexibility index (Phi) is 4.94. The lowest BCUT2D eigenvalue weighted by Gasteiger charge is -2.20. The lowest BCUT2D eigenvalue weighted by atomic mass is 10.1. The predicted octanol–water partition coefficient (Wildman–Crippen LogP) is 3.77. The van der Waals surface area contributed by atoms with Gasteiger partial charge in [0.15, 0.2) is 0 Å². The van der Waals surface area contributed by atoms with Crippen LogP contribution in [0, 0.1) is 0 Å². The fourth-order valence-corrected chi connectivity index (χ4v) is 4.01. The van der Waals surface area contributed by atoms with Gasteiger partial charge in [-0.1, -0.05) is 37.3 Å². The minimum absolute atomic E-state index is 0.0895. The molecule has 1 amide bonds. The van der Waals surface area contributed by atoms with E-state index in [1.165, 1.54) is 5.56 Å². The summed E-state index contributed by atoms with van der Waals surface area (Å²) in [7, 11) is 1.71. The molecule has 3 aromatic rings. The molecule has 1 saturated heterocycles. The summed E-state index contributed by atoms with van der Waals surface area (Å²) in [6.07, 6.45) is 1.41. The van der Waals surface area contributed by atoms with Crippen molar-refractivity contribution in [2.24, 2.45) is 0 Å². The summed E-state index contributed by atoms with van der Waals surface area (Å²) >= 11 is 0. The van der Waals surface area contributed by atoms with Crippen molar-refractivity contribution in [3.05, 3.63) is 59.9 Å². The summed E-state index contributed by atoms with van der Waals surface area (Å²) in [5.74, 6) is 1.25. The van der Waals surface area contributed by atoms with Crippen LogP contribution in [0.5, 0.6) is 0 Å². The number of carbonyl (C=O) groups is 1. The predicted molar refractivity (Wildman–Crippen MR) is 107 cm³/mol. The number of aryl methyl sites for hydroxylation is 1. The third kappa shape index (κ3) is 3.23. The number of hydrogen-bond acceptors (Lipinski definition) is 3. The van der Waals surface area contributed by atoms with Gasteiger partial charge < -0.3 is 14.2 Å². The number of nitrogens with zero attached hydrogens (tertiary/aromatic N) is 3. The fraction of sp³-hybridized carbons (Fsp3) is 0.364. The molecule has 2 aromatic carbocycles. The minimum atomic E-state index is 0.0895. The van der Waals surface area contributed by atoms with Gasteiger partial charge in [-0.15, -0.1) is 0 Å². The van der Waals surface area contributed by atoms with Crippen molar-refractivity contribution in [2.45, 2.75) is 32.2 Å². The van der Waals surface area contributed by atoms with Crippen LogP contribution in [0.25, 0.3) is 11.0 Å². The zero-order valence-electron chi connectivity index (χ0n) is 15.9. The first-order valence-corrected chi connectivity index (χ1v) is 9.55. The quantitative estimate of drug-likeness (QED) is 0.670. The van der Waals surface area contributed by atoms with Crippen molar-refractivity contribution in [3.8, 4) is 0 Å². The summed E-state index contributed by atoms with van der Waals surface area (Å²) < 4.78 is 7.51. The number of amides is 1. The highest BCUT2D eigenvalue weighted by Gasteiger charge is 2.35. The second kappa shape index (κ2) is 7.53. The van der Waals surface area contributed by atoms with E-state index < -0.39 is 0 Å². The lowest BCUT2D eigenvalue weighted by Crippen LogP contribution is -2.25. The Labute approximate surface area is 159 Å². The number of hydrogen-bond donors (Lipinski definition) is 0. The number of para-hydroxylation sites is 3. The van der Waals surface area contributed by atoms with Crippen LogP contribution in [-0.4, -0.2) is 35.7 Å². The maximum atomic E-state index is 12.8. The number of benzene rings is 2. The summed E-state index contributed by atoms with van der Waals surface area (Å²) in [4.78, 5) is 19.6. The van der Waals surface area contributed by atoms with Crippen LogP contribution >= 0.6 is 0 Å². The molecule has 27 heavy (non-hydrogen) atoms. The van der Waals surface area contributed by atoms with E-state index in [9.17, 15) is 4.79 Å². The van der Waals surface area contributed by atoms with Crippen molar-refractivity contribution in [1.82, 2.24) is 9.55 Å². The molecule has 1 atom stereocenters. The third-order valence-electron chi connectivity index (χ3n) is 5.36. The number of rotatable bonds is 6. The van der Waals surface area contributed by atoms with E-state index in [4.69, 9.17) is 9.72 Å². The average molecular weight is 363 g/mol. The van der Waals surface area contributed by atoms with Gasteiger partial charge in [0.25, 0.3) is 0 Å². The highest BCUT2D eigenvalue weighted by Crippen LogP contribution is 2.34. The third-order valence-corrected chi connectivity index (χ3v) is 5.36. The topological polar surface area (TPSA) is 47.4 Å². The van der Waals surface area contributed by atoms with Gasteiger partial charge >= 0.3 is 0 Å². The van der Waals surface area contributed by atoms with E-state index in [1.807, 2.05) is 41.3 Å². The van der Waals surface area contributed by atoms with E-state index in [0.29, 0.717) is 19.6 Å². The number of carbonyl (C=O) groups excluding carboxylic acids is 1. The fourth-order valence-electron chi connectivity index (χ4n) is 4.01. The van der Waals surface area contributed by atoms with Crippen LogP contribution in [0.1, 0.15) is 30.7 Å². The van der Waals surface area contributed by atoms with Crippen LogP contribution in [0.4, 0.5) is 5.69 Å². The van der Waals surface area contributed by atoms with Gasteiger partial charge in [0, 0.05) is 38.2 Å². The number of anilines is 1. The number of fused-ring (bicyclic) bond motifs is 1. The highest BCUT2D eigenvalue weighted by molar-refractivity contribution is 5.97. The van der Waals surface area contributed by atoms with Crippen molar-refractivity contribution in [1.29, 1.82) is 0 Å². The summed E-state index contributed by atoms with van der Waals surface area (Å²) in [6, 6.07) is 16.3. The Bertz CT molecular complexity index is 963. The monoisotopic (exact) mass is 363 g/mol. The molecular formula is C22H25N3O2. The van der Waals surface area contributed by atoms with E-state index in [1.54, 1.807) is 7.11 Å². The normalized spacial score (nSPS) is 17.2. The first-order valence-electron chi connectivity index (χ1n) is 9.55. The van der Waals surface area contributed by atoms with Gasteiger partial charge in [-0.3, -0.25) is 4.79 Å². The van der Waals surface area contributed by atoms with Gasteiger partial charge in [0.05, 0.1) is 17.6 Å². The Morgan fingerprint density at radius 3 is 2.74 bits per heavy atom. The van der Waals surface area contributed by atoms with Crippen molar-refractivity contribution in [3.63, 3.8) is 0 Å². The Balaban J connectivity index is 1.69. The lowest BCUT2D eigenvalue weighted by molar-refractivity contribution is -0.117. The van der Waals surface area contributed by atoms with E-state index in [2.05, 4.69) is 23.6 Å². The van der Waals surface area contributed by atoms with Crippen LogP contribution in [0.2, 0.25) is 0 Å². The van der Waals surface area contributed by atoms with Crippen LogP contribution in [-0.2, 0) is 22.5 Å². The molecule has 1 aliphatic rings. The minimum Gasteiger partial charge on any atom is -0.383 e. The SMILES string of the molecule is CCc1ccccc1N1C[C@H](c2nc3ccccc3n2CCOC)CC1=O. The molecule has 0 bridgehead atoms. The van der Waals surface area contributed by atoms with E-state index in [-0.39, 0.29) is 11.8 Å². The number of imidazole rings is 1. The van der Waals surface area contributed by atoms with Crippen LogP contribution in [0.15, 0.2) is 48.5 Å². The number of methoxy groups -OCH3 is 1. The van der Waals surface area contributed by atoms with Gasteiger partial charge in [-0.05, 0) is 30.2 Å². The molecule has 0 N–H and O–H groups in total. The molecule has 0 radical (unpaired) electrons. The zero-order valence-corrected chi connectivity index (χ0v) is 15.9. The molecule has 5 heteroatoms. The standard InChI is InChI=1S/C22H25N3O2/c1-3-16-8-4-6-10-19(16)25-15-17(14-21(25)26)22-23-18-9-5-7-11-20(18)24(22)12-13-27-2/h4-11,17H,3,12-15H2,1-2H3/t17-/m1/s1. The van der Waals surface area contributed by atoms with Crippen LogP contribution < -0.4 is 4.90 Å². The molecule has 1 fully saturated rings. The first-order chi connectivity index (χ1) is 13.2. The molecule has 0 saturated carbocycles. The summed E-state index contributed by atoms with van der Waals surface area (Å²) in [5, 5.41) is 0.